The number of carboxylic acids is 1. The Hall–Kier alpha value is -5.05. The van der Waals surface area contributed by atoms with Crippen LogP contribution in [0.2, 0.25) is 0 Å². The van der Waals surface area contributed by atoms with E-state index in [1.807, 2.05) is 44.2 Å². The fraction of sp³-hybridized carbons (Fsp3) is 0.0714. The van der Waals surface area contributed by atoms with Crippen LogP contribution in [0.25, 0.3) is 28.1 Å². The smallest absolute Gasteiger partial charge is 0.336 e. The van der Waals surface area contributed by atoms with Gasteiger partial charge in [-0.2, -0.15) is 5.10 Å². The molecule has 0 aliphatic heterocycles. The molecule has 0 aliphatic rings. The summed E-state index contributed by atoms with van der Waals surface area (Å²) in [5.74, 6) is -2.42. The average Bonchev–Trinajstić information content (AvgIpc) is 3.43. The third-order valence-corrected chi connectivity index (χ3v) is 5.96. The van der Waals surface area contributed by atoms with Crippen molar-refractivity contribution in [2.45, 2.75) is 13.8 Å². The van der Waals surface area contributed by atoms with E-state index in [1.54, 1.807) is 22.9 Å². The topological polar surface area (TPSA) is 110 Å². The van der Waals surface area contributed by atoms with Crippen LogP contribution in [0, 0.1) is 19.7 Å². The summed E-state index contributed by atoms with van der Waals surface area (Å²) < 4.78 is 21.1. The van der Waals surface area contributed by atoms with Gasteiger partial charge in [0.2, 0.25) is 5.88 Å². The van der Waals surface area contributed by atoms with Gasteiger partial charge in [-0.25, -0.2) is 13.9 Å². The highest BCUT2D eigenvalue weighted by Gasteiger charge is 2.28. The predicted molar refractivity (Wildman–Crippen MR) is 135 cm³/mol. The standard InChI is InChI=1S/C28H21FN4O4/c1-16-23(17(2)33(31-16)20-11-4-3-5-12-20)25-24(21-13-6-7-14-22(21)28(35)36)27(37-32-25)30-26(34)18-9-8-10-19(29)15-18/h3-15H,1-2H3,(H,30,34)(H,35,36). The number of amides is 1. The molecule has 5 rings (SSSR count). The Labute approximate surface area is 211 Å². The predicted octanol–water partition coefficient (Wildman–Crippen LogP) is 5.90. The molecule has 0 bridgehead atoms. The fourth-order valence-electron chi connectivity index (χ4n) is 4.29. The van der Waals surface area contributed by atoms with Gasteiger partial charge in [-0.15, -0.1) is 0 Å². The first-order valence-corrected chi connectivity index (χ1v) is 11.4. The van der Waals surface area contributed by atoms with Crippen molar-refractivity contribution in [2.24, 2.45) is 0 Å². The number of aromatic nitrogens is 3. The molecule has 0 aliphatic carbocycles. The molecule has 8 nitrogen and oxygen atoms in total. The highest BCUT2D eigenvalue weighted by atomic mass is 19.1. The Balaban J connectivity index is 1.70. The number of carbonyl (C=O) groups is 2. The van der Waals surface area contributed by atoms with Gasteiger partial charge in [0.15, 0.2) is 0 Å². The van der Waals surface area contributed by atoms with Gasteiger partial charge in [0, 0.05) is 16.7 Å². The fourth-order valence-corrected chi connectivity index (χ4v) is 4.29. The number of hydrogen-bond donors (Lipinski definition) is 2. The lowest BCUT2D eigenvalue weighted by Crippen LogP contribution is -2.12. The van der Waals surface area contributed by atoms with Gasteiger partial charge in [-0.05, 0) is 50.2 Å². The van der Waals surface area contributed by atoms with Gasteiger partial charge in [0.25, 0.3) is 5.91 Å². The second kappa shape index (κ2) is 9.54. The van der Waals surface area contributed by atoms with Crippen molar-refractivity contribution in [3.8, 4) is 28.1 Å². The van der Waals surface area contributed by atoms with Crippen LogP contribution in [-0.4, -0.2) is 31.9 Å². The number of halogens is 1. The summed E-state index contributed by atoms with van der Waals surface area (Å²) >= 11 is 0. The van der Waals surface area contributed by atoms with Crippen LogP contribution in [0.15, 0.2) is 83.4 Å². The first-order chi connectivity index (χ1) is 17.8. The number of anilines is 1. The zero-order valence-electron chi connectivity index (χ0n) is 19.9. The zero-order chi connectivity index (χ0) is 26.1. The minimum Gasteiger partial charge on any atom is -0.478 e. The van der Waals surface area contributed by atoms with Crippen LogP contribution < -0.4 is 5.32 Å². The molecule has 2 heterocycles. The van der Waals surface area contributed by atoms with Crippen molar-refractivity contribution in [3.63, 3.8) is 0 Å². The van der Waals surface area contributed by atoms with Gasteiger partial charge < -0.3 is 9.63 Å². The highest BCUT2D eigenvalue weighted by molar-refractivity contribution is 6.08. The van der Waals surface area contributed by atoms with E-state index in [2.05, 4.69) is 15.6 Å². The van der Waals surface area contributed by atoms with Crippen LogP contribution >= 0.6 is 0 Å². The number of benzene rings is 3. The zero-order valence-corrected chi connectivity index (χ0v) is 19.9. The van der Waals surface area contributed by atoms with Gasteiger partial charge >= 0.3 is 5.97 Å². The summed E-state index contributed by atoms with van der Waals surface area (Å²) in [7, 11) is 0. The van der Waals surface area contributed by atoms with E-state index in [1.165, 1.54) is 24.3 Å². The number of nitrogens with zero attached hydrogens (tertiary/aromatic N) is 3. The number of nitrogens with one attached hydrogen (secondary N) is 1. The van der Waals surface area contributed by atoms with E-state index in [0.29, 0.717) is 22.5 Å². The monoisotopic (exact) mass is 496 g/mol. The van der Waals surface area contributed by atoms with Gasteiger partial charge in [-0.1, -0.05) is 47.6 Å². The van der Waals surface area contributed by atoms with E-state index in [4.69, 9.17) is 4.52 Å². The van der Waals surface area contributed by atoms with E-state index in [0.717, 1.165) is 17.4 Å². The first kappa shape index (κ1) is 23.7. The van der Waals surface area contributed by atoms with E-state index in [-0.39, 0.29) is 22.6 Å². The molecule has 0 atom stereocenters. The Kier molecular flexibility index (Phi) is 6.10. The normalized spacial score (nSPS) is 10.9. The van der Waals surface area contributed by atoms with Gasteiger partial charge in [0.1, 0.15) is 11.5 Å². The second-order valence-corrected chi connectivity index (χ2v) is 8.34. The molecule has 0 spiro atoms. The molecule has 0 fully saturated rings. The molecule has 5 aromatic rings. The quantitative estimate of drug-likeness (QED) is 0.303. The van der Waals surface area contributed by atoms with Crippen LogP contribution in [0.1, 0.15) is 32.1 Å². The van der Waals surface area contributed by atoms with Crippen molar-refractivity contribution in [1.82, 2.24) is 14.9 Å². The lowest BCUT2D eigenvalue weighted by atomic mass is 9.95. The third kappa shape index (κ3) is 4.38. The maximum atomic E-state index is 13.7. The molecule has 0 saturated carbocycles. The molecule has 2 N–H and O–H groups in total. The number of aryl methyl sites for hydroxylation is 1. The molecular formula is C28H21FN4O4. The van der Waals surface area contributed by atoms with Gasteiger partial charge in [-0.3, -0.25) is 10.1 Å². The number of carbonyl (C=O) groups excluding carboxylic acids is 1. The molecule has 0 radical (unpaired) electrons. The largest absolute Gasteiger partial charge is 0.478 e. The SMILES string of the molecule is Cc1nn(-c2ccccc2)c(C)c1-c1noc(NC(=O)c2cccc(F)c2)c1-c1ccccc1C(=O)O. The Morgan fingerprint density at radius 3 is 2.41 bits per heavy atom. The summed E-state index contributed by atoms with van der Waals surface area (Å²) in [6.45, 7) is 3.68. The maximum absolute atomic E-state index is 13.7. The van der Waals surface area contributed by atoms with Crippen LogP contribution in [0.4, 0.5) is 10.3 Å². The van der Waals surface area contributed by atoms with E-state index >= 15 is 0 Å². The van der Waals surface area contributed by atoms with Gasteiger partial charge in [0.05, 0.1) is 28.2 Å². The number of aromatic carboxylic acids is 1. The van der Waals surface area contributed by atoms with Crippen LogP contribution in [0.5, 0.6) is 0 Å². The number of hydrogen-bond acceptors (Lipinski definition) is 5. The lowest BCUT2D eigenvalue weighted by Gasteiger charge is -2.10. The molecule has 184 valence electrons. The van der Waals surface area contributed by atoms with E-state index < -0.39 is 17.7 Å². The van der Waals surface area contributed by atoms with Crippen molar-refractivity contribution in [3.05, 3.63) is 107 Å². The molecule has 9 heteroatoms. The number of rotatable bonds is 6. The van der Waals surface area contributed by atoms with E-state index in [9.17, 15) is 19.1 Å². The molecule has 0 unspecified atom stereocenters. The minimum atomic E-state index is -1.15. The number of para-hydroxylation sites is 1. The Morgan fingerprint density at radius 2 is 1.68 bits per heavy atom. The summed E-state index contributed by atoms with van der Waals surface area (Å²) in [6.07, 6.45) is 0. The molecule has 1 amide bonds. The van der Waals surface area contributed by atoms with Crippen LogP contribution in [-0.2, 0) is 0 Å². The molecule has 3 aromatic carbocycles. The summed E-state index contributed by atoms with van der Waals surface area (Å²) in [4.78, 5) is 25.0. The maximum Gasteiger partial charge on any atom is 0.336 e. The minimum absolute atomic E-state index is 0.000961. The van der Waals surface area contributed by atoms with Crippen LogP contribution in [0.3, 0.4) is 0 Å². The summed E-state index contributed by atoms with van der Waals surface area (Å²) in [6, 6.07) is 21.1. The molecule has 2 aromatic heterocycles. The Morgan fingerprint density at radius 1 is 0.946 bits per heavy atom. The van der Waals surface area contributed by atoms with Crippen molar-refractivity contribution in [2.75, 3.05) is 5.32 Å². The van der Waals surface area contributed by atoms with Crippen molar-refractivity contribution in [1.29, 1.82) is 0 Å². The third-order valence-electron chi connectivity index (χ3n) is 5.96. The first-order valence-electron chi connectivity index (χ1n) is 11.4. The Bertz CT molecular complexity index is 1640. The highest BCUT2D eigenvalue weighted by Crippen LogP contribution is 2.42. The summed E-state index contributed by atoms with van der Waals surface area (Å²) in [5.41, 5.74) is 3.81. The lowest BCUT2D eigenvalue weighted by molar-refractivity contribution is 0.0697. The molecular weight excluding hydrogens is 475 g/mol. The average molecular weight is 496 g/mol. The summed E-state index contributed by atoms with van der Waals surface area (Å²) in [5, 5.41) is 21.4. The number of carboxylic acid groups (broad SMARTS) is 1. The second-order valence-electron chi connectivity index (χ2n) is 8.34. The molecule has 0 saturated heterocycles. The van der Waals surface area contributed by atoms with Crippen molar-refractivity contribution < 1.29 is 23.6 Å². The molecule has 37 heavy (non-hydrogen) atoms. The van der Waals surface area contributed by atoms with Crippen molar-refractivity contribution >= 4 is 17.8 Å².